The second-order valence-corrected chi connectivity index (χ2v) is 4.97. The average Bonchev–Trinajstić information content (AvgIpc) is 2.71. The molecule has 2 aromatic rings. The average molecular weight is 364 g/mol. The smallest absolute Gasteiger partial charge is 0.213 e. The lowest BCUT2D eigenvalue weighted by atomic mass is 10.3. The van der Waals surface area contributed by atoms with Gasteiger partial charge in [-0.05, 0) is 28.1 Å². The van der Waals surface area contributed by atoms with Gasteiger partial charge in [0.2, 0.25) is 5.95 Å². The van der Waals surface area contributed by atoms with Gasteiger partial charge in [-0.2, -0.15) is 4.39 Å². The Bertz CT molecular complexity index is 515. The Hall–Kier alpha value is -0.820. The molecule has 0 aliphatic rings. The third-order valence-corrected chi connectivity index (χ3v) is 3.24. The van der Waals surface area contributed by atoms with E-state index in [-0.39, 0.29) is 0 Å². The van der Waals surface area contributed by atoms with Gasteiger partial charge in [-0.25, -0.2) is 9.67 Å². The first-order valence-electron chi connectivity index (χ1n) is 4.95. The van der Waals surface area contributed by atoms with Crippen molar-refractivity contribution in [1.29, 1.82) is 0 Å². The highest BCUT2D eigenvalue weighted by Gasteiger charge is 2.06. The molecule has 0 bridgehead atoms. The van der Waals surface area contributed by atoms with Gasteiger partial charge < -0.3 is 0 Å². The number of halogens is 3. The maximum atomic E-state index is 12.8. The van der Waals surface area contributed by atoms with Gasteiger partial charge in [-0.1, -0.05) is 21.1 Å². The SMILES string of the molecule is Fc1ccc(Cn2cc(CCBr)nn2)c(Br)n1. The molecule has 0 spiro atoms. The molecule has 4 nitrogen and oxygen atoms in total. The molecule has 7 heteroatoms. The fraction of sp³-hybridized carbons (Fsp3) is 0.300. The van der Waals surface area contributed by atoms with E-state index in [9.17, 15) is 4.39 Å². The molecule has 0 saturated heterocycles. The molecule has 0 atom stereocenters. The first-order chi connectivity index (χ1) is 8.19. The van der Waals surface area contributed by atoms with Crippen molar-refractivity contribution in [2.24, 2.45) is 0 Å². The summed E-state index contributed by atoms with van der Waals surface area (Å²) in [6.45, 7) is 0.517. The number of pyridine rings is 1. The molecule has 0 N–H and O–H groups in total. The first-order valence-corrected chi connectivity index (χ1v) is 6.86. The summed E-state index contributed by atoms with van der Waals surface area (Å²) in [7, 11) is 0. The first kappa shape index (κ1) is 12.6. The fourth-order valence-corrected chi connectivity index (χ4v) is 2.19. The van der Waals surface area contributed by atoms with Crippen LogP contribution in [0.3, 0.4) is 0 Å². The molecule has 0 amide bonds. The van der Waals surface area contributed by atoms with Crippen LogP contribution in [0.5, 0.6) is 0 Å². The van der Waals surface area contributed by atoms with E-state index < -0.39 is 5.95 Å². The lowest BCUT2D eigenvalue weighted by molar-refractivity contribution is 0.574. The molecule has 2 rings (SSSR count). The molecule has 90 valence electrons. The van der Waals surface area contributed by atoms with Crippen LogP contribution in [0.1, 0.15) is 11.3 Å². The Morgan fingerprint density at radius 2 is 2.18 bits per heavy atom. The summed E-state index contributed by atoms with van der Waals surface area (Å²) in [4.78, 5) is 3.69. The summed E-state index contributed by atoms with van der Waals surface area (Å²) >= 11 is 6.57. The second-order valence-electron chi connectivity index (χ2n) is 3.43. The minimum atomic E-state index is -0.501. The number of rotatable bonds is 4. The number of alkyl halides is 1. The third-order valence-electron chi connectivity index (χ3n) is 2.16. The van der Waals surface area contributed by atoms with Crippen molar-refractivity contribution in [2.45, 2.75) is 13.0 Å². The van der Waals surface area contributed by atoms with Gasteiger partial charge in [-0.3, -0.25) is 0 Å². The summed E-state index contributed by atoms with van der Waals surface area (Å²) in [5.41, 5.74) is 1.79. The van der Waals surface area contributed by atoms with Crippen molar-refractivity contribution in [2.75, 3.05) is 5.33 Å². The van der Waals surface area contributed by atoms with Crippen LogP contribution >= 0.6 is 31.9 Å². The predicted octanol–water partition coefficient (Wildman–Crippen LogP) is 2.56. The molecule has 0 radical (unpaired) electrons. The standard InChI is InChI=1S/C10H9Br2FN4/c11-4-3-8-6-17(16-15-8)5-7-1-2-9(13)14-10(7)12/h1-2,6H,3-5H2. The zero-order valence-electron chi connectivity index (χ0n) is 8.78. The van der Waals surface area contributed by atoms with Crippen LogP contribution in [0.2, 0.25) is 0 Å². The number of hydrogen-bond acceptors (Lipinski definition) is 3. The molecule has 0 aliphatic heterocycles. The summed E-state index contributed by atoms with van der Waals surface area (Å²) < 4.78 is 15.0. The molecule has 0 aromatic carbocycles. The highest BCUT2D eigenvalue weighted by Crippen LogP contribution is 2.15. The molecular weight excluding hydrogens is 355 g/mol. The molecule has 2 heterocycles. The van der Waals surface area contributed by atoms with Crippen LogP contribution in [0.25, 0.3) is 0 Å². The molecule has 0 unspecified atom stereocenters. The normalized spacial score (nSPS) is 10.8. The highest BCUT2D eigenvalue weighted by molar-refractivity contribution is 9.10. The largest absolute Gasteiger partial charge is 0.248 e. The quantitative estimate of drug-likeness (QED) is 0.619. The minimum Gasteiger partial charge on any atom is -0.248 e. The Morgan fingerprint density at radius 3 is 2.88 bits per heavy atom. The predicted molar refractivity (Wildman–Crippen MR) is 68.5 cm³/mol. The van der Waals surface area contributed by atoms with Crippen molar-refractivity contribution >= 4 is 31.9 Å². The van der Waals surface area contributed by atoms with Gasteiger partial charge in [0, 0.05) is 23.5 Å². The van der Waals surface area contributed by atoms with Gasteiger partial charge in [0.25, 0.3) is 0 Å². The van der Waals surface area contributed by atoms with Crippen molar-refractivity contribution in [3.05, 3.63) is 40.1 Å². The summed E-state index contributed by atoms with van der Waals surface area (Å²) in [6.07, 6.45) is 2.71. The van der Waals surface area contributed by atoms with E-state index in [1.54, 1.807) is 10.7 Å². The van der Waals surface area contributed by atoms with Crippen molar-refractivity contribution in [1.82, 2.24) is 20.0 Å². The van der Waals surface area contributed by atoms with Crippen LogP contribution < -0.4 is 0 Å². The van der Waals surface area contributed by atoms with E-state index in [4.69, 9.17) is 0 Å². The van der Waals surface area contributed by atoms with E-state index in [0.717, 1.165) is 23.0 Å². The van der Waals surface area contributed by atoms with E-state index in [1.165, 1.54) is 6.07 Å². The zero-order valence-corrected chi connectivity index (χ0v) is 11.9. The van der Waals surface area contributed by atoms with Crippen LogP contribution in [-0.4, -0.2) is 25.3 Å². The van der Waals surface area contributed by atoms with Crippen LogP contribution in [0.15, 0.2) is 22.9 Å². The van der Waals surface area contributed by atoms with Crippen LogP contribution in [-0.2, 0) is 13.0 Å². The summed E-state index contributed by atoms with van der Waals surface area (Å²) in [5, 5.41) is 8.87. The maximum Gasteiger partial charge on any atom is 0.213 e. The van der Waals surface area contributed by atoms with Gasteiger partial charge in [0.1, 0.15) is 4.60 Å². The van der Waals surface area contributed by atoms with Gasteiger partial charge in [0.05, 0.1) is 12.2 Å². The molecule has 0 saturated carbocycles. The number of aromatic nitrogens is 4. The molecule has 0 aliphatic carbocycles. The Kier molecular flexibility index (Phi) is 4.22. The van der Waals surface area contributed by atoms with Crippen LogP contribution in [0.4, 0.5) is 4.39 Å². The highest BCUT2D eigenvalue weighted by atomic mass is 79.9. The summed E-state index contributed by atoms with van der Waals surface area (Å²) in [5.74, 6) is -0.501. The molecule has 0 fully saturated rings. The van der Waals surface area contributed by atoms with E-state index in [0.29, 0.717) is 11.1 Å². The maximum absolute atomic E-state index is 12.8. The van der Waals surface area contributed by atoms with Gasteiger partial charge in [0.15, 0.2) is 0 Å². The van der Waals surface area contributed by atoms with Crippen molar-refractivity contribution in [3.8, 4) is 0 Å². The van der Waals surface area contributed by atoms with Crippen LogP contribution in [0, 0.1) is 5.95 Å². The Balaban J connectivity index is 2.13. The summed E-state index contributed by atoms with van der Waals surface area (Å²) in [6, 6.07) is 3.01. The molecule has 2 aromatic heterocycles. The van der Waals surface area contributed by atoms with Crippen molar-refractivity contribution in [3.63, 3.8) is 0 Å². The van der Waals surface area contributed by atoms with Gasteiger partial charge in [-0.15, -0.1) is 5.10 Å². The molecule has 17 heavy (non-hydrogen) atoms. The van der Waals surface area contributed by atoms with Crippen molar-refractivity contribution < 1.29 is 4.39 Å². The lowest BCUT2D eigenvalue weighted by Gasteiger charge is -2.02. The van der Waals surface area contributed by atoms with E-state index in [1.807, 2.05) is 6.20 Å². The second kappa shape index (κ2) is 5.68. The lowest BCUT2D eigenvalue weighted by Crippen LogP contribution is -2.02. The van der Waals surface area contributed by atoms with E-state index >= 15 is 0 Å². The zero-order chi connectivity index (χ0) is 12.3. The fourth-order valence-electron chi connectivity index (χ4n) is 1.36. The Labute approximate surface area is 114 Å². The van der Waals surface area contributed by atoms with Gasteiger partial charge >= 0.3 is 0 Å². The third kappa shape index (κ3) is 3.32. The Morgan fingerprint density at radius 1 is 1.35 bits per heavy atom. The number of hydrogen-bond donors (Lipinski definition) is 0. The number of aryl methyl sites for hydroxylation is 1. The minimum absolute atomic E-state index is 0.495. The monoisotopic (exact) mass is 362 g/mol. The van der Waals surface area contributed by atoms with E-state index in [2.05, 4.69) is 47.2 Å². The number of nitrogens with zero attached hydrogens (tertiary/aromatic N) is 4. The molecular formula is C10H9Br2FN4. The topological polar surface area (TPSA) is 43.6 Å².